The van der Waals surface area contributed by atoms with E-state index >= 15 is 0 Å². The fraction of sp³-hybridized carbons (Fsp3) is 0.500. The van der Waals surface area contributed by atoms with Crippen LogP contribution in [0.25, 0.3) is 11.3 Å². The van der Waals surface area contributed by atoms with Crippen LogP contribution in [-0.4, -0.2) is 28.1 Å². The van der Waals surface area contributed by atoms with Crippen molar-refractivity contribution >= 4 is 17.6 Å². The number of halogens is 2. The molecule has 2 amide bonds. The van der Waals surface area contributed by atoms with E-state index in [9.17, 15) is 18.4 Å². The highest BCUT2D eigenvalue weighted by Gasteiger charge is 2.30. The highest BCUT2D eigenvalue weighted by molar-refractivity contribution is 5.96. The summed E-state index contributed by atoms with van der Waals surface area (Å²) in [6, 6.07) is 7.99. The van der Waals surface area contributed by atoms with Crippen LogP contribution < -0.4 is 10.6 Å². The van der Waals surface area contributed by atoms with Crippen molar-refractivity contribution in [1.29, 1.82) is 0 Å². The molecule has 1 aromatic heterocycles. The van der Waals surface area contributed by atoms with Crippen LogP contribution in [-0.2, 0) is 22.1 Å². The molecule has 2 aromatic rings. The first-order valence-electron chi connectivity index (χ1n) is 10.3. The van der Waals surface area contributed by atoms with Gasteiger partial charge in [0.15, 0.2) is 5.82 Å². The van der Waals surface area contributed by atoms with E-state index in [2.05, 4.69) is 29.6 Å². The van der Waals surface area contributed by atoms with Crippen molar-refractivity contribution in [2.75, 3.05) is 11.9 Å². The van der Waals surface area contributed by atoms with E-state index in [0.717, 1.165) is 6.42 Å². The second kappa shape index (κ2) is 8.93. The molecule has 0 aliphatic carbocycles. The minimum absolute atomic E-state index is 0.0414. The van der Waals surface area contributed by atoms with E-state index in [1.165, 1.54) is 19.1 Å². The number of aryl methyl sites for hydroxylation is 1. The predicted octanol–water partition coefficient (Wildman–Crippen LogP) is 4.17. The van der Waals surface area contributed by atoms with Gasteiger partial charge in [-0.05, 0) is 18.4 Å². The van der Waals surface area contributed by atoms with Gasteiger partial charge >= 0.3 is 0 Å². The van der Waals surface area contributed by atoms with E-state index in [-0.39, 0.29) is 30.2 Å². The van der Waals surface area contributed by atoms with Crippen LogP contribution in [0.5, 0.6) is 0 Å². The normalized spacial score (nSPS) is 16.7. The minimum Gasteiger partial charge on any atom is -0.355 e. The maximum atomic E-state index is 14.2. The molecule has 0 radical (unpaired) electrons. The number of rotatable bonds is 8. The molecule has 1 aliphatic rings. The molecule has 0 spiro atoms. The van der Waals surface area contributed by atoms with Crippen LogP contribution in [0.4, 0.5) is 14.6 Å². The number of aromatic nitrogens is 2. The molecule has 2 N–H and O–H groups in total. The van der Waals surface area contributed by atoms with Crippen molar-refractivity contribution in [3.63, 3.8) is 0 Å². The van der Waals surface area contributed by atoms with Gasteiger partial charge < -0.3 is 10.6 Å². The van der Waals surface area contributed by atoms with Crippen molar-refractivity contribution in [1.82, 2.24) is 15.1 Å². The fourth-order valence-corrected chi connectivity index (χ4v) is 3.39. The summed E-state index contributed by atoms with van der Waals surface area (Å²) in [6.07, 6.45) is 0.729. The van der Waals surface area contributed by atoms with Gasteiger partial charge in [-0.3, -0.25) is 14.3 Å². The van der Waals surface area contributed by atoms with Gasteiger partial charge in [-0.2, -0.15) is 5.10 Å². The van der Waals surface area contributed by atoms with Crippen LogP contribution in [0, 0.1) is 11.8 Å². The van der Waals surface area contributed by atoms with Gasteiger partial charge in [0.25, 0.3) is 5.92 Å². The number of hydrogen-bond acceptors (Lipinski definition) is 3. The maximum absolute atomic E-state index is 14.2. The highest BCUT2D eigenvalue weighted by atomic mass is 19.3. The highest BCUT2D eigenvalue weighted by Crippen LogP contribution is 2.34. The van der Waals surface area contributed by atoms with Crippen molar-refractivity contribution in [3.05, 3.63) is 35.9 Å². The third-order valence-electron chi connectivity index (χ3n) is 5.32. The monoisotopic (exact) mass is 418 g/mol. The second-order valence-corrected chi connectivity index (χ2v) is 8.15. The van der Waals surface area contributed by atoms with Crippen LogP contribution in [0.15, 0.2) is 30.3 Å². The Bertz CT molecular complexity index is 924. The first-order chi connectivity index (χ1) is 14.2. The van der Waals surface area contributed by atoms with Crippen molar-refractivity contribution in [3.8, 4) is 11.3 Å². The van der Waals surface area contributed by atoms with Crippen molar-refractivity contribution in [2.24, 2.45) is 11.8 Å². The molecule has 1 aromatic carbocycles. The number of alkyl halides is 2. The molecule has 0 unspecified atom stereocenters. The second-order valence-electron chi connectivity index (χ2n) is 8.15. The third kappa shape index (κ3) is 5.04. The van der Waals surface area contributed by atoms with E-state index < -0.39 is 11.8 Å². The lowest BCUT2D eigenvalue weighted by Gasteiger charge is -2.16. The number of hydrogen-bond donors (Lipinski definition) is 2. The summed E-state index contributed by atoms with van der Waals surface area (Å²) in [5.74, 6) is -2.98. The Morgan fingerprint density at radius 2 is 2.13 bits per heavy atom. The smallest absolute Gasteiger partial charge is 0.273 e. The molecule has 1 fully saturated rings. The van der Waals surface area contributed by atoms with E-state index in [0.29, 0.717) is 36.1 Å². The lowest BCUT2D eigenvalue weighted by molar-refractivity contribution is -0.123. The number of nitrogens with zero attached hydrogens (tertiary/aromatic N) is 2. The first kappa shape index (κ1) is 21.9. The first-order valence-corrected chi connectivity index (χ1v) is 10.3. The molecule has 1 aliphatic heterocycles. The number of benzene rings is 1. The molecule has 2 heterocycles. The maximum Gasteiger partial charge on any atom is 0.273 e. The zero-order chi connectivity index (χ0) is 21.9. The molecule has 0 saturated carbocycles. The topological polar surface area (TPSA) is 76.0 Å². The number of anilines is 1. The molecule has 1 atom stereocenters. The molecular formula is C22H28F2N4O2. The van der Waals surface area contributed by atoms with Gasteiger partial charge in [0.1, 0.15) is 0 Å². The fourth-order valence-electron chi connectivity index (χ4n) is 3.39. The van der Waals surface area contributed by atoms with Gasteiger partial charge in [-0.25, -0.2) is 8.78 Å². The largest absolute Gasteiger partial charge is 0.355 e. The number of amides is 2. The summed E-state index contributed by atoms with van der Waals surface area (Å²) < 4.78 is 30.2. The van der Waals surface area contributed by atoms with Crippen molar-refractivity contribution < 1.29 is 18.4 Å². The minimum atomic E-state index is -2.90. The Labute approximate surface area is 175 Å². The van der Waals surface area contributed by atoms with E-state index in [1.807, 2.05) is 0 Å². The summed E-state index contributed by atoms with van der Waals surface area (Å²) in [5, 5.41) is 9.90. The van der Waals surface area contributed by atoms with E-state index in [1.54, 1.807) is 22.9 Å². The molecule has 8 heteroatoms. The van der Waals surface area contributed by atoms with Gasteiger partial charge in [-0.1, -0.05) is 39.0 Å². The Hall–Kier alpha value is -2.77. The predicted molar refractivity (Wildman–Crippen MR) is 111 cm³/mol. The number of nitrogens with one attached hydrogen (secondary N) is 2. The van der Waals surface area contributed by atoms with Crippen molar-refractivity contribution in [2.45, 2.75) is 52.5 Å². The third-order valence-corrected chi connectivity index (χ3v) is 5.32. The molecule has 6 nitrogen and oxygen atoms in total. The van der Waals surface area contributed by atoms with Gasteiger partial charge in [0.05, 0.1) is 11.6 Å². The number of carbonyl (C=O) groups excluding carboxylic acids is 2. The zero-order valence-corrected chi connectivity index (χ0v) is 17.5. The average Bonchev–Trinajstić information content (AvgIpc) is 3.32. The van der Waals surface area contributed by atoms with E-state index in [4.69, 9.17) is 0 Å². The molecule has 30 heavy (non-hydrogen) atoms. The van der Waals surface area contributed by atoms with Crippen LogP contribution in [0.2, 0.25) is 0 Å². The molecule has 162 valence electrons. The standard InChI is InChI=1S/C22H28F2N4O2/c1-4-22(23,24)17-7-5-6-15(10-17)18-12-19(27-28(18)9-8-14(2)3)26-21(30)16-11-20(29)25-13-16/h5-7,10,12,14,16H,4,8-9,11,13H2,1-3H3,(H,25,29)(H,26,27,30)/t16-/m1/s1. The SMILES string of the molecule is CCC(F)(F)c1cccc(-c2cc(NC(=O)[C@H]3CNC(=O)C3)nn2CCC(C)C)c1. The summed E-state index contributed by atoms with van der Waals surface area (Å²) in [5.41, 5.74) is 1.25. The summed E-state index contributed by atoms with van der Waals surface area (Å²) in [7, 11) is 0. The summed E-state index contributed by atoms with van der Waals surface area (Å²) >= 11 is 0. The molecular weight excluding hydrogens is 390 g/mol. The summed E-state index contributed by atoms with van der Waals surface area (Å²) in [4.78, 5) is 23.8. The Morgan fingerprint density at radius 3 is 2.77 bits per heavy atom. The lowest BCUT2D eigenvalue weighted by atomic mass is 10.0. The van der Waals surface area contributed by atoms with Crippen LogP contribution >= 0.6 is 0 Å². The Balaban J connectivity index is 1.90. The lowest BCUT2D eigenvalue weighted by Crippen LogP contribution is -2.25. The Kier molecular flexibility index (Phi) is 6.53. The van der Waals surface area contributed by atoms with Crippen LogP contribution in [0.1, 0.15) is 45.6 Å². The molecule has 1 saturated heterocycles. The van der Waals surface area contributed by atoms with Crippen LogP contribution in [0.3, 0.4) is 0 Å². The van der Waals surface area contributed by atoms with Gasteiger partial charge in [-0.15, -0.1) is 0 Å². The zero-order valence-electron chi connectivity index (χ0n) is 17.5. The quantitative estimate of drug-likeness (QED) is 0.676. The van der Waals surface area contributed by atoms with Gasteiger partial charge in [0.2, 0.25) is 11.8 Å². The number of carbonyl (C=O) groups is 2. The molecule has 0 bridgehead atoms. The average molecular weight is 418 g/mol. The Morgan fingerprint density at radius 1 is 1.37 bits per heavy atom. The molecule has 3 rings (SSSR count). The summed E-state index contributed by atoms with van der Waals surface area (Å²) in [6.45, 7) is 6.55. The van der Waals surface area contributed by atoms with Gasteiger partial charge in [0, 0.05) is 43.1 Å².